The standard InChI is InChI=1S/C15H23NO3/c1-5-19-14(17)8-9-15(2,3)11-6-7-13(18-4)12(16)10-11/h6-7,10H,5,8-9,16H2,1-4H3. The summed E-state index contributed by atoms with van der Waals surface area (Å²) in [6.45, 7) is 6.42. The Hall–Kier alpha value is -1.71. The summed E-state index contributed by atoms with van der Waals surface area (Å²) in [5, 5.41) is 0. The molecular weight excluding hydrogens is 242 g/mol. The highest BCUT2D eigenvalue weighted by Crippen LogP contribution is 2.33. The van der Waals surface area contributed by atoms with E-state index >= 15 is 0 Å². The number of hydrogen-bond acceptors (Lipinski definition) is 4. The van der Waals surface area contributed by atoms with Crippen molar-refractivity contribution in [3.63, 3.8) is 0 Å². The molecule has 0 aromatic heterocycles. The third-order valence-corrected chi connectivity index (χ3v) is 3.27. The second-order valence-electron chi connectivity index (χ2n) is 5.15. The number of hydrogen-bond donors (Lipinski definition) is 1. The van der Waals surface area contributed by atoms with E-state index in [4.69, 9.17) is 15.2 Å². The van der Waals surface area contributed by atoms with Crippen LogP contribution in [0.3, 0.4) is 0 Å². The van der Waals surface area contributed by atoms with Gasteiger partial charge in [-0.3, -0.25) is 4.79 Å². The molecule has 19 heavy (non-hydrogen) atoms. The van der Waals surface area contributed by atoms with Crippen LogP contribution >= 0.6 is 0 Å². The van der Waals surface area contributed by atoms with E-state index < -0.39 is 0 Å². The molecule has 4 heteroatoms. The number of nitrogens with two attached hydrogens (primary N) is 1. The number of benzene rings is 1. The van der Waals surface area contributed by atoms with Gasteiger partial charge in [0.25, 0.3) is 0 Å². The molecule has 0 fully saturated rings. The van der Waals surface area contributed by atoms with E-state index in [0.717, 1.165) is 12.0 Å². The minimum atomic E-state index is -0.156. The van der Waals surface area contributed by atoms with E-state index in [0.29, 0.717) is 24.5 Å². The first-order valence-electron chi connectivity index (χ1n) is 6.50. The molecule has 0 amide bonds. The van der Waals surface area contributed by atoms with Gasteiger partial charge in [0.15, 0.2) is 0 Å². The van der Waals surface area contributed by atoms with Crippen LogP contribution in [0.4, 0.5) is 5.69 Å². The van der Waals surface area contributed by atoms with Crippen molar-refractivity contribution in [1.29, 1.82) is 0 Å². The average Bonchev–Trinajstić information content (AvgIpc) is 2.37. The lowest BCUT2D eigenvalue weighted by molar-refractivity contribution is -0.143. The lowest BCUT2D eigenvalue weighted by Crippen LogP contribution is -2.20. The van der Waals surface area contributed by atoms with Crippen molar-refractivity contribution in [3.05, 3.63) is 23.8 Å². The van der Waals surface area contributed by atoms with Crippen molar-refractivity contribution in [1.82, 2.24) is 0 Å². The topological polar surface area (TPSA) is 61.5 Å². The number of methoxy groups -OCH3 is 1. The number of carbonyl (C=O) groups excluding carboxylic acids is 1. The lowest BCUT2D eigenvalue weighted by Gasteiger charge is -2.25. The number of ether oxygens (including phenoxy) is 2. The van der Waals surface area contributed by atoms with Crippen LogP contribution in [-0.2, 0) is 14.9 Å². The molecule has 0 spiro atoms. The predicted molar refractivity (Wildman–Crippen MR) is 76.3 cm³/mol. The van der Waals surface area contributed by atoms with Crippen molar-refractivity contribution in [2.75, 3.05) is 19.5 Å². The summed E-state index contributed by atoms with van der Waals surface area (Å²) < 4.78 is 10.1. The second kappa shape index (κ2) is 6.45. The van der Waals surface area contributed by atoms with Crippen LogP contribution in [0, 0.1) is 0 Å². The highest BCUT2D eigenvalue weighted by atomic mass is 16.5. The molecule has 1 aromatic rings. The van der Waals surface area contributed by atoms with Gasteiger partial charge in [-0.05, 0) is 36.5 Å². The Morgan fingerprint density at radius 2 is 2.05 bits per heavy atom. The Bertz CT molecular complexity index is 441. The van der Waals surface area contributed by atoms with Crippen LogP contribution in [-0.4, -0.2) is 19.7 Å². The molecule has 4 nitrogen and oxygen atoms in total. The Labute approximate surface area is 114 Å². The normalized spacial score (nSPS) is 11.2. The Kier molecular flexibility index (Phi) is 5.21. The molecule has 0 bridgehead atoms. The van der Waals surface area contributed by atoms with E-state index in [1.165, 1.54) is 0 Å². The summed E-state index contributed by atoms with van der Waals surface area (Å²) in [5.74, 6) is 0.516. The zero-order chi connectivity index (χ0) is 14.5. The lowest BCUT2D eigenvalue weighted by atomic mass is 9.80. The maximum Gasteiger partial charge on any atom is 0.305 e. The molecule has 106 valence electrons. The van der Waals surface area contributed by atoms with Crippen LogP contribution in [0.1, 0.15) is 39.2 Å². The van der Waals surface area contributed by atoms with Crippen LogP contribution in [0.15, 0.2) is 18.2 Å². The smallest absolute Gasteiger partial charge is 0.305 e. The van der Waals surface area contributed by atoms with Crippen molar-refractivity contribution in [2.24, 2.45) is 0 Å². The number of nitrogen functional groups attached to an aromatic ring is 1. The van der Waals surface area contributed by atoms with Gasteiger partial charge < -0.3 is 15.2 Å². The van der Waals surface area contributed by atoms with Crippen molar-refractivity contribution >= 4 is 11.7 Å². The fraction of sp³-hybridized carbons (Fsp3) is 0.533. The van der Waals surface area contributed by atoms with Crippen LogP contribution < -0.4 is 10.5 Å². The number of anilines is 1. The summed E-state index contributed by atoms with van der Waals surface area (Å²) >= 11 is 0. The highest BCUT2D eigenvalue weighted by molar-refractivity contribution is 5.69. The summed E-state index contributed by atoms with van der Waals surface area (Å²) in [6.07, 6.45) is 1.13. The van der Waals surface area contributed by atoms with Crippen molar-refractivity contribution in [2.45, 2.75) is 39.0 Å². The average molecular weight is 265 g/mol. The quantitative estimate of drug-likeness (QED) is 0.634. The van der Waals surface area contributed by atoms with E-state index in [9.17, 15) is 4.79 Å². The Balaban J connectivity index is 2.76. The molecule has 0 aliphatic carbocycles. The van der Waals surface area contributed by atoms with Gasteiger partial charge in [0.1, 0.15) is 5.75 Å². The number of carbonyl (C=O) groups is 1. The third-order valence-electron chi connectivity index (χ3n) is 3.27. The maximum absolute atomic E-state index is 11.4. The van der Waals surface area contributed by atoms with Gasteiger partial charge in [0.05, 0.1) is 19.4 Å². The molecule has 0 heterocycles. The van der Waals surface area contributed by atoms with Crippen molar-refractivity contribution in [3.8, 4) is 5.75 Å². The minimum Gasteiger partial charge on any atom is -0.495 e. The molecule has 1 rings (SSSR count). The zero-order valence-corrected chi connectivity index (χ0v) is 12.2. The summed E-state index contributed by atoms with van der Waals surface area (Å²) in [5.41, 5.74) is 7.49. The number of esters is 1. The van der Waals surface area contributed by atoms with E-state index in [-0.39, 0.29) is 11.4 Å². The van der Waals surface area contributed by atoms with Crippen LogP contribution in [0.25, 0.3) is 0 Å². The molecule has 0 radical (unpaired) electrons. The van der Waals surface area contributed by atoms with E-state index in [1.807, 2.05) is 25.1 Å². The largest absolute Gasteiger partial charge is 0.495 e. The van der Waals surface area contributed by atoms with Gasteiger partial charge in [0, 0.05) is 6.42 Å². The van der Waals surface area contributed by atoms with E-state index in [2.05, 4.69) is 13.8 Å². The van der Waals surface area contributed by atoms with Gasteiger partial charge in [-0.2, -0.15) is 0 Å². The van der Waals surface area contributed by atoms with Gasteiger partial charge in [-0.1, -0.05) is 19.9 Å². The first-order valence-corrected chi connectivity index (χ1v) is 6.50. The molecule has 0 aliphatic rings. The monoisotopic (exact) mass is 265 g/mol. The van der Waals surface area contributed by atoms with Gasteiger partial charge in [-0.25, -0.2) is 0 Å². The fourth-order valence-electron chi connectivity index (χ4n) is 1.95. The number of rotatable bonds is 6. The molecule has 0 atom stereocenters. The first-order chi connectivity index (χ1) is 8.90. The summed E-state index contributed by atoms with van der Waals surface area (Å²) in [7, 11) is 1.59. The van der Waals surface area contributed by atoms with Gasteiger partial charge in [0.2, 0.25) is 0 Å². The molecule has 1 aromatic carbocycles. The highest BCUT2D eigenvalue weighted by Gasteiger charge is 2.23. The summed E-state index contributed by atoms with van der Waals surface area (Å²) in [6, 6.07) is 5.75. The predicted octanol–water partition coefficient (Wildman–Crippen LogP) is 2.90. The maximum atomic E-state index is 11.4. The van der Waals surface area contributed by atoms with Gasteiger partial charge >= 0.3 is 5.97 Å². The third kappa shape index (κ3) is 4.16. The zero-order valence-electron chi connectivity index (χ0n) is 12.2. The molecular formula is C15H23NO3. The molecule has 0 unspecified atom stereocenters. The Morgan fingerprint density at radius 3 is 2.58 bits per heavy atom. The van der Waals surface area contributed by atoms with E-state index in [1.54, 1.807) is 7.11 Å². The molecule has 0 aliphatic heterocycles. The second-order valence-corrected chi connectivity index (χ2v) is 5.15. The van der Waals surface area contributed by atoms with Crippen LogP contribution in [0.5, 0.6) is 5.75 Å². The van der Waals surface area contributed by atoms with Crippen LogP contribution in [0.2, 0.25) is 0 Å². The summed E-state index contributed by atoms with van der Waals surface area (Å²) in [4.78, 5) is 11.4. The minimum absolute atomic E-state index is 0.132. The van der Waals surface area contributed by atoms with Crippen molar-refractivity contribution < 1.29 is 14.3 Å². The fourth-order valence-corrected chi connectivity index (χ4v) is 1.95. The Morgan fingerprint density at radius 1 is 1.37 bits per heavy atom. The SMILES string of the molecule is CCOC(=O)CCC(C)(C)c1ccc(OC)c(N)c1. The first kappa shape index (κ1) is 15.3. The molecule has 0 saturated heterocycles. The van der Waals surface area contributed by atoms with Gasteiger partial charge in [-0.15, -0.1) is 0 Å². The molecule has 0 saturated carbocycles. The molecule has 2 N–H and O–H groups in total.